The molecule has 1 aromatic carbocycles. The maximum atomic E-state index is 13.5. The smallest absolute Gasteiger partial charge is 0.169 e. The normalized spacial score (nSPS) is 21.0. The van der Waals surface area contributed by atoms with E-state index in [-0.39, 0.29) is 5.75 Å². The number of likely N-dealkylation sites (N-methyl/N-ethyl adjacent to an activating group) is 1. The average molecular weight is 402 g/mol. The Morgan fingerprint density at radius 2 is 1.76 bits per heavy atom. The molecule has 2 aliphatic rings. The molecule has 4 rings (SSSR count). The lowest BCUT2D eigenvalue weighted by molar-refractivity contribution is 0.212. The lowest BCUT2D eigenvalue weighted by Crippen LogP contribution is -2.52. The van der Waals surface area contributed by atoms with Crippen LogP contribution in [0.15, 0.2) is 24.3 Å². The number of hydrogen-bond donors (Lipinski definition) is 2. The number of nitrogens with two attached hydrogens (primary N) is 1. The molecule has 0 radical (unpaired) electrons. The van der Waals surface area contributed by atoms with Gasteiger partial charge in [-0.3, -0.25) is 4.90 Å². The number of aromatic hydroxyl groups is 1. The first-order chi connectivity index (χ1) is 13.9. The molecular weight excluding hydrogens is 369 g/mol. The number of nitrogens with zero attached hydrogens (tertiary/aromatic N) is 4. The molecule has 1 aromatic heterocycles. The van der Waals surface area contributed by atoms with Crippen molar-refractivity contribution in [3.8, 4) is 17.0 Å². The molecule has 2 unspecified atom stereocenters. The van der Waals surface area contributed by atoms with Gasteiger partial charge in [-0.2, -0.15) is 0 Å². The van der Waals surface area contributed by atoms with Crippen molar-refractivity contribution in [3.05, 3.63) is 30.1 Å². The first-order valence-electron chi connectivity index (χ1n) is 10.5. The summed E-state index contributed by atoms with van der Waals surface area (Å²) in [5.74, 6) is -0.0981. The second-order valence-electron chi connectivity index (χ2n) is 7.97. The van der Waals surface area contributed by atoms with Gasteiger partial charge in [-0.05, 0) is 44.2 Å². The van der Waals surface area contributed by atoms with Crippen LogP contribution in [0.5, 0.6) is 5.75 Å². The zero-order valence-electron chi connectivity index (χ0n) is 17.6. The Morgan fingerprint density at radius 1 is 1.10 bits per heavy atom. The van der Waals surface area contributed by atoms with Gasteiger partial charge in [-0.25, -0.2) is 4.39 Å². The number of phenolic OH excluding ortho intramolecular Hbond substituents is 1. The standard InChI is InChI=1S/C17H20FN5O.C5H12/c1-22-11-3-4-12(22)9-23(8-11)15-7-14(20-21-17(15)19)13-6-10(18)2-5-16(13)24;1-3-5-4-2/h2,5-7,11-12,24H,3-4,8-9H2,1H3,(H2,19,21);3-5H2,1-2H3. The van der Waals surface area contributed by atoms with Crippen LogP contribution in [-0.2, 0) is 0 Å². The molecule has 2 bridgehead atoms. The van der Waals surface area contributed by atoms with Crippen molar-refractivity contribution < 1.29 is 9.50 Å². The van der Waals surface area contributed by atoms with E-state index in [1.54, 1.807) is 6.07 Å². The van der Waals surface area contributed by atoms with E-state index >= 15 is 0 Å². The molecule has 0 aliphatic carbocycles. The molecule has 158 valence electrons. The number of phenols is 1. The van der Waals surface area contributed by atoms with Crippen molar-refractivity contribution in [2.24, 2.45) is 0 Å². The Morgan fingerprint density at radius 3 is 2.34 bits per heavy atom. The first kappa shape index (κ1) is 21.3. The van der Waals surface area contributed by atoms with Gasteiger partial charge in [0.15, 0.2) is 5.82 Å². The molecule has 6 nitrogen and oxygen atoms in total. The van der Waals surface area contributed by atoms with Gasteiger partial charge in [0.2, 0.25) is 0 Å². The van der Waals surface area contributed by atoms with E-state index in [4.69, 9.17) is 5.73 Å². The fourth-order valence-electron chi connectivity index (χ4n) is 4.15. The number of anilines is 2. The van der Waals surface area contributed by atoms with E-state index in [0.29, 0.717) is 29.2 Å². The van der Waals surface area contributed by atoms with Crippen molar-refractivity contribution >= 4 is 11.5 Å². The Labute approximate surface area is 172 Å². The minimum Gasteiger partial charge on any atom is -0.507 e. The minimum atomic E-state index is -0.430. The maximum Gasteiger partial charge on any atom is 0.169 e. The molecule has 7 heteroatoms. The lowest BCUT2D eigenvalue weighted by Gasteiger charge is -2.40. The van der Waals surface area contributed by atoms with E-state index in [9.17, 15) is 9.50 Å². The van der Waals surface area contributed by atoms with Gasteiger partial charge in [-0.1, -0.05) is 33.1 Å². The zero-order chi connectivity index (χ0) is 21.0. The van der Waals surface area contributed by atoms with Gasteiger partial charge in [-0.15, -0.1) is 10.2 Å². The van der Waals surface area contributed by atoms with Crippen molar-refractivity contribution in [2.75, 3.05) is 30.8 Å². The topological polar surface area (TPSA) is 78.5 Å². The molecular formula is C22H32FN5O. The monoisotopic (exact) mass is 401 g/mol. The van der Waals surface area contributed by atoms with Crippen LogP contribution in [0, 0.1) is 5.82 Å². The maximum absolute atomic E-state index is 13.5. The van der Waals surface area contributed by atoms with E-state index in [1.165, 1.54) is 50.3 Å². The summed E-state index contributed by atoms with van der Waals surface area (Å²) >= 11 is 0. The molecule has 2 aromatic rings. The summed E-state index contributed by atoms with van der Waals surface area (Å²) in [4.78, 5) is 4.66. The molecule has 3 heterocycles. The van der Waals surface area contributed by atoms with Gasteiger partial charge >= 0.3 is 0 Å². The summed E-state index contributed by atoms with van der Waals surface area (Å²) in [5.41, 5.74) is 7.59. The molecule has 0 amide bonds. The zero-order valence-corrected chi connectivity index (χ0v) is 17.6. The third-order valence-electron chi connectivity index (χ3n) is 5.93. The number of unbranched alkanes of at least 4 members (excludes halogenated alkanes) is 2. The highest BCUT2D eigenvalue weighted by Gasteiger charge is 2.38. The number of hydrogen-bond acceptors (Lipinski definition) is 6. The number of nitrogen functional groups attached to an aromatic ring is 1. The summed E-state index contributed by atoms with van der Waals surface area (Å²) in [6.07, 6.45) is 6.45. The summed E-state index contributed by atoms with van der Waals surface area (Å²) in [5, 5.41) is 18.1. The van der Waals surface area contributed by atoms with Crippen LogP contribution in [-0.4, -0.2) is 52.4 Å². The van der Waals surface area contributed by atoms with Crippen molar-refractivity contribution in [2.45, 2.75) is 58.0 Å². The fraction of sp³-hybridized carbons (Fsp3) is 0.545. The second-order valence-corrected chi connectivity index (χ2v) is 7.97. The van der Waals surface area contributed by atoms with Gasteiger partial charge in [0.1, 0.15) is 11.6 Å². The molecule has 29 heavy (non-hydrogen) atoms. The predicted molar refractivity (Wildman–Crippen MR) is 115 cm³/mol. The van der Waals surface area contributed by atoms with Gasteiger partial charge in [0.05, 0.1) is 11.4 Å². The highest BCUT2D eigenvalue weighted by Crippen LogP contribution is 2.36. The number of rotatable bonds is 4. The molecule has 2 fully saturated rings. The predicted octanol–water partition coefficient (Wildman–Crippen LogP) is 4.05. The van der Waals surface area contributed by atoms with Gasteiger partial charge in [0, 0.05) is 30.7 Å². The van der Waals surface area contributed by atoms with E-state index in [1.807, 2.05) is 0 Å². The molecule has 0 spiro atoms. The number of benzene rings is 1. The number of piperazine rings is 1. The number of halogens is 1. The second kappa shape index (κ2) is 9.39. The van der Waals surface area contributed by atoms with Crippen LogP contribution < -0.4 is 10.6 Å². The highest BCUT2D eigenvalue weighted by atomic mass is 19.1. The Hall–Kier alpha value is -2.41. The molecule has 2 saturated heterocycles. The number of aromatic nitrogens is 2. The average Bonchev–Trinajstić information content (AvgIpc) is 2.92. The molecule has 2 atom stereocenters. The van der Waals surface area contributed by atoms with Gasteiger partial charge < -0.3 is 15.7 Å². The van der Waals surface area contributed by atoms with Crippen molar-refractivity contribution in [1.29, 1.82) is 0 Å². The summed E-state index contributed by atoms with van der Waals surface area (Å²) in [6, 6.07) is 6.61. The van der Waals surface area contributed by atoms with E-state index < -0.39 is 5.82 Å². The largest absolute Gasteiger partial charge is 0.507 e. The summed E-state index contributed by atoms with van der Waals surface area (Å²) in [7, 11) is 2.17. The fourth-order valence-corrected chi connectivity index (χ4v) is 4.15. The van der Waals surface area contributed by atoms with E-state index in [2.05, 4.69) is 40.9 Å². The van der Waals surface area contributed by atoms with Crippen LogP contribution in [0.25, 0.3) is 11.3 Å². The molecule has 3 N–H and O–H groups in total. The van der Waals surface area contributed by atoms with Crippen LogP contribution in [0.2, 0.25) is 0 Å². The third kappa shape index (κ3) is 4.78. The minimum absolute atomic E-state index is 0.0279. The van der Waals surface area contributed by atoms with Crippen LogP contribution in [0.1, 0.15) is 46.0 Å². The third-order valence-corrected chi connectivity index (χ3v) is 5.93. The Kier molecular flexibility index (Phi) is 6.90. The van der Waals surface area contributed by atoms with Crippen molar-refractivity contribution in [1.82, 2.24) is 15.1 Å². The summed E-state index contributed by atoms with van der Waals surface area (Å²) in [6.45, 7) is 6.20. The van der Waals surface area contributed by atoms with Crippen molar-refractivity contribution in [3.63, 3.8) is 0 Å². The molecule has 2 aliphatic heterocycles. The summed E-state index contributed by atoms with van der Waals surface area (Å²) < 4.78 is 13.5. The quantitative estimate of drug-likeness (QED) is 0.805. The lowest BCUT2D eigenvalue weighted by atomic mass is 10.1. The van der Waals surface area contributed by atoms with E-state index in [0.717, 1.165) is 18.8 Å². The van der Waals surface area contributed by atoms with Gasteiger partial charge in [0.25, 0.3) is 0 Å². The van der Waals surface area contributed by atoms with Crippen LogP contribution in [0.4, 0.5) is 15.9 Å². The number of fused-ring (bicyclic) bond motifs is 2. The van der Waals surface area contributed by atoms with Crippen LogP contribution >= 0.6 is 0 Å². The highest BCUT2D eigenvalue weighted by molar-refractivity contribution is 5.74. The Bertz CT molecular complexity index is 815. The Balaban J connectivity index is 0.000000431. The SMILES string of the molecule is CCCCC.CN1C2CCC1CN(c1cc(-c3cc(F)ccc3O)nnc1N)C2. The first-order valence-corrected chi connectivity index (χ1v) is 10.5. The van der Waals surface area contributed by atoms with Crippen LogP contribution in [0.3, 0.4) is 0 Å². The molecule has 0 saturated carbocycles.